The van der Waals surface area contributed by atoms with E-state index in [0.717, 1.165) is 32.5 Å². The van der Waals surface area contributed by atoms with Gasteiger partial charge in [0.15, 0.2) is 0 Å². The SMILES string of the molecule is NC(=O)CCNC(=O)CNC(=O)CCNC(=O)CN1CCC(CN2CCN(CC(=O)O)CCN(CC(=O)O)CC2)CC1. The Hall–Kier alpha value is -3.34. The molecule has 0 unspecified atom stereocenters. The maximum Gasteiger partial charge on any atom is 0.317 e. The van der Waals surface area contributed by atoms with Crippen molar-refractivity contribution in [3.8, 4) is 0 Å². The molecule has 238 valence electrons. The van der Waals surface area contributed by atoms with Gasteiger partial charge in [0, 0.05) is 71.7 Å². The van der Waals surface area contributed by atoms with Gasteiger partial charge in [0.05, 0.1) is 26.2 Å². The monoisotopic (exact) mass is 598 g/mol. The number of nitrogens with one attached hydrogen (secondary N) is 3. The molecule has 0 atom stereocenters. The smallest absolute Gasteiger partial charge is 0.317 e. The first kappa shape index (κ1) is 34.9. The lowest BCUT2D eigenvalue weighted by molar-refractivity contribution is -0.140. The molecule has 2 rings (SSSR count). The summed E-state index contributed by atoms with van der Waals surface area (Å²) in [6, 6.07) is 0. The highest BCUT2D eigenvalue weighted by molar-refractivity contribution is 5.85. The van der Waals surface area contributed by atoms with E-state index in [2.05, 4.69) is 25.8 Å². The van der Waals surface area contributed by atoms with Gasteiger partial charge in [0.2, 0.25) is 23.6 Å². The number of nitrogens with two attached hydrogens (primary N) is 1. The Kier molecular flexibility index (Phi) is 15.7. The molecule has 2 aliphatic rings. The van der Waals surface area contributed by atoms with Crippen molar-refractivity contribution in [2.24, 2.45) is 11.7 Å². The fraction of sp³-hybridized carbons (Fsp3) is 0.769. The predicted octanol–water partition coefficient (Wildman–Crippen LogP) is -3.60. The second-order valence-corrected chi connectivity index (χ2v) is 10.8. The molecule has 16 nitrogen and oxygen atoms in total. The van der Waals surface area contributed by atoms with Gasteiger partial charge >= 0.3 is 11.9 Å². The molecule has 0 spiro atoms. The Morgan fingerprint density at radius 1 is 0.595 bits per heavy atom. The Balaban J connectivity index is 1.66. The highest BCUT2D eigenvalue weighted by Gasteiger charge is 2.25. The van der Waals surface area contributed by atoms with Crippen molar-refractivity contribution in [2.45, 2.75) is 25.7 Å². The number of amides is 4. The first-order valence-corrected chi connectivity index (χ1v) is 14.4. The molecular formula is C26H46N8O8. The summed E-state index contributed by atoms with van der Waals surface area (Å²) >= 11 is 0. The summed E-state index contributed by atoms with van der Waals surface area (Å²) < 4.78 is 0. The number of hydrogen-bond donors (Lipinski definition) is 6. The third-order valence-corrected chi connectivity index (χ3v) is 7.32. The van der Waals surface area contributed by atoms with Gasteiger partial charge in [-0.05, 0) is 31.8 Å². The van der Waals surface area contributed by atoms with Crippen LogP contribution in [0.4, 0.5) is 0 Å². The molecule has 0 aromatic carbocycles. The summed E-state index contributed by atoms with van der Waals surface area (Å²) in [6.45, 7) is 6.12. The number of likely N-dealkylation sites (tertiary alicyclic amines) is 1. The summed E-state index contributed by atoms with van der Waals surface area (Å²) in [6.07, 6.45) is 1.87. The highest BCUT2D eigenvalue weighted by Crippen LogP contribution is 2.18. The number of carboxylic acid groups (broad SMARTS) is 2. The number of nitrogens with zero attached hydrogens (tertiary/aromatic N) is 4. The van der Waals surface area contributed by atoms with Crippen LogP contribution >= 0.6 is 0 Å². The maximum absolute atomic E-state index is 12.4. The fourth-order valence-electron chi connectivity index (χ4n) is 4.99. The minimum absolute atomic E-state index is 0.0198. The number of rotatable bonds is 16. The van der Waals surface area contributed by atoms with E-state index in [9.17, 15) is 39.0 Å². The minimum atomic E-state index is -0.899. The second kappa shape index (κ2) is 19.0. The third kappa shape index (κ3) is 15.6. The molecule has 2 aliphatic heterocycles. The quantitative estimate of drug-likeness (QED) is 0.102. The second-order valence-electron chi connectivity index (χ2n) is 10.8. The van der Waals surface area contributed by atoms with E-state index in [-0.39, 0.29) is 63.9 Å². The standard InChI is InChI=1S/C26H46N8O8/c27-21(35)1-5-28-23(37)15-30-22(36)2-6-29-24(38)17-31-7-3-20(4-8-31)16-32-9-11-33(18-25(39)40)13-14-34(12-10-32)19-26(41)42/h20H,1-19H2,(H2,27,35)(H,28,37)(H,29,38)(H,30,36)(H,39,40)(H,41,42). The van der Waals surface area contributed by atoms with Gasteiger partial charge in [-0.2, -0.15) is 0 Å². The minimum Gasteiger partial charge on any atom is -0.480 e. The molecular weight excluding hydrogens is 552 g/mol. The van der Waals surface area contributed by atoms with Crippen LogP contribution in [0, 0.1) is 5.92 Å². The number of carbonyl (C=O) groups is 6. The van der Waals surface area contributed by atoms with Crippen LogP contribution in [0.1, 0.15) is 25.7 Å². The number of carboxylic acids is 2. The lowest BCUT2D eigenvalue weighted by Crippen LogP contribution is -2.45. The molecule has 2 saturated heterocycles. The molecule has 0 aromatic rings. The number of primary amides is 1. The van der Waals surface area contributed by atoms with E-state index in [1.807, 2.05) is 9.80 Å². The fourth-order valence-corrected chi connectivity index (χ4v) is 4.99. The first-order valence-electron chi connectivity index (χ1n) is 14.4. The van der Waals surface area contributed by atoms with Gasteiger partial charge in [-0.1, -0.05) is 0 Å². The summed E-state index contributed by atoms with van der Waals surface area (Å²) in [5.41, 5.74) is 4.99. The molecule has 2 heterocycles. The first-order chi connectivity index (χ1) is 20.0. The zero-order chi connectivity index (χ0) is 30.9. The van der Waals surface area contributed by atoms with E-state index in [0.29, 0.717) is 45.2 Å². The lowest BCUT2D eigenvalue weighted by Gasteiger charge is -2.35. The van der Waals surface area contributed by atoms with Crippen LogP contribution < -0.4 is 21.7 Å². The summed E-state index contributed by atoms with van der Waals surface area (Å²) in [4.78, 5) is 77.1. The number of piperidine rings is 1. The van der Waals surface area contributed by atoms with E-state index in [4.69, 9.17) is 5.73 Å². The average Bonchev–Trinajstić information content (AvgIpc) is 2.99. The van der Waals surface area contributed by atoms with Crippen molar-refractivity contribution in [1.29, 1.82) is 0 Å². The van der Waals surface area contributed by atoms with E-state index >= 15 is 0 Å². The number of aliphatic carboxylic acids is 2. The summed E-state index contributed by atoms with van der Waals surface area (Å²) in [5, 5.41) is 26.1. The molecule has 4 amide bonds. The van der Waals surface area contributed by atoms with Crippen molar-refractivity contribution < 1.29 is 39.0 Å². The van der Waals surface area contributed by atoms with Gasteiger partial charge in [0.1, 0.15) is 0 Å². The molecule has 2 fully saturated rings. The summed E-state index contributed by atoms with van der Waals surface area (Å²) in [7, 11) is 0. The van der Waals surface area contributed by atoms with E-state index in [1.165, 1.54) is 0 Å². The maximum atomic E-state index is 12.4. The average molecular weight is 599 g/mol. The molecule has 42 heavy (non-hydrogen) atoms. The topological polar surface area (TPSA) is 218 Å². The van der Waals surface area contributed by atoms with Crippen LogP contribution in [0.5, 0.6) is 0 Å². The molecule has 0 aromatic heterocycles. The lowest BCUT2D eigenvalue weighted by atomic mass is 9.96. The number of hydrogen-bond acceptors (Lipinski definition) is 10. The van der Waals surface area contributed by atoms with Gasteiger partial charge in [-0.15, -0.1) is 0 Å². The Morgan fingerprint density at radius 2 is 1.07 bits per heavy atom. The van der Waals surface area contributed by atoms with Crippen LogP contribution in [0.3, 0.4) is 0 Å². The van der Waals surface area contributed by atoms with Crippen LogP contribution in [0.2, 0.25) is 0 Å². The van der Waals surface area contributed by atoms with Crippen molar-refractivity contribution in [1.82, 2.24) is 35.6 Å². The van der Waals surface area contributed by atoms with E-state index in [1.54, 1.807) is 0 Å². The molecule has 7 N–H and O–H groups in total. The number of carbonyl (C=O) groups excluding carboxylic acids is 4. The van der Waals surface area contributed by atoms with Crippen molar-refractivity contribution >= 4 is 35.6 Å². The zero-order valence-corrected chi connectivity index (χ0v) is 24.2. The van der Waals surface area contributed by atoms with Gasteiger partial charge in [-0.3, -0.25) is 43.5 Å². The Labute approximate surface area is 245 Å². The Bertz CT molecular complexity index is 900. The van der Waals surface area contributed by atoms with Crippen molar-refractivity contribution in [2.75, 3.05) is 98.2 Å². The predicted molar refractivity (Wildman–Crippen MR) is 151 cm³/mol. The van der Waals surface area contributed by atoms with Crippen LogP contribution in [0.25, 0.3) is 0 Å². The molecule has 16 heteroatoms. The molecule has 0 saturated carbocycles. The van der Waals surface area contributed by atoms with E-state index < -0.39 is 23.8 Å². The molecule has 0 radical (unpaired) electrons. The van der Waals surface area contributed by atoms with Crippen molar-refractivity contribution in [3.63, 3.8) is 0 Å². The Morgan fingerprint density at radius 3 is 1.60 bits per heavy atom. The third-order valence-electron chi connectivity index (χ3n) is 7.32. The summed E-state index contributed by atoms with van der Waals surface area (Å²) in [5.74, 6) is -2.89. The zero-order valence-electron chi connectivity index (χ0n) is 24.2. The van der Waals surface area contributed by atoms with Crippen molar-refractivity contribution in [3.05, 3.63) is 0 Å². The molecule has 0 bridgehead atoms. The largest absolute Gasteiger partial charge is 0.480 e. The highest BCUT2D eigenvalue weighted by atomic mass is 16.4. The van der Waals surface area contributed by atoms with Gasteiger partial charge in [-0.25, -0.2) is 0 Å². The van der Waals surface area contributed by atoms with Crippen LogP contribution in [0.15, 0.2) is 0 Å². The molecule has 0 aliphatic carbocycles. The van der Waals surface area contributed by atoms with Crippen LogP contribution in [-0.2, 0) is 28.8 Å². The van der Waals surface area contributed by atoms with Crippen LogP contribution in [-0.4, -0.2) is 164 Å². The van der Waals surface area contributed by atoms with Gasteiger partial charge in [0.25, 0.3) is 0 Å². The normalized spacial score (nSPS) is 18.3. The van der Waals surface area contributed by atoms with Gasteiger partial charge < -0.3 is 36.8 Å².